The Morgan fingerprint density at radius 1 is 1.19 bits per heavy atom. The van der Waals surface area contributed by atoms with Crippen molar-refractivity contribution >= 4 is 40.0 Å². The average molecular weight is 539 g/mol. The Morgan fingerprint density at radius 3 is 2.81 bits per heavy atom. The maximum Gasteiger partial charge on any atom is 0.257 e. The molecule has 2 aliphatic rings. The molecule has 3 atom stereocenters. The highest BCUT2D eigenvalue weighted by Crippen LogP contribution is 2.47. The molecule has 0 aliphatic carbocycles. The number of hydrogen-bond acceptors (Lipinski definition) is 9. The van der Waals surface area contributed by atoms with Gasteiger partial charge in [0.05, 0.1) is 26.9 Å². The summed E-state index contributed by atoms with van der Waals surface area (Å²) in [6.07, 6.45) is 1.05. The number of ether oxygens (including phenoxy) is 3. The second kappa shape index (κ2) is 11.1. The molecule has 2 N–H and O–H groups in total. The maximum absolute atomic E-state index is 12.8. The fourth-order valence-electron chi connectivity index (χ4n) is 4.62. The summed E-state index contributed by atoms with van der Waals surface area (Å²) in [6, 6.07) is 14.9. The van der Waals surface area contributed by atoms with E-state index >= 15 is 0 Å². The van der Waals surface area contributed by atoms with Crippen LogP contribution in [-0.2, 0) is 16.8 Å². The fourth-order valence-corrected chi connectivity index (χ4v) is 6.77. The minimum Gasteiger partial charge on any atom is -0.497 e. The number of methoxy groups -OCH3 is 2. The van der Waals surface area contributed by atoms with Gasteiger partial charge in [0.25, 0.3) is 5.91 Å². The lowest BCUT2D eigenvalue weighted by Crippen LogP contribution is -2.50. The molecule has 10 heteroatoms. The molecule has 3 unspecified atom stereocenters. The lowest BCUT2D eigenvalue weighted by atomic mass is 9.80. The van der Waals surface area contributed by atoms with Crippen molar-refractivity contribution in [2.24, 2.45) is 10.9 Å². The molecule has 1 amide bonds. The summed E-state index contributed by atoms with van der Waals surface area (Å²) < 4.78 is 16.9. The van der Waals surface area contributed by atoms with E-state index in [9.17, 15) is 4.79 Å². The van der Waals surface area contributed by atoms with E-state index in [1.165, 1.54) is 0 Å². The standard InChI is InChI=1S/C27H30N4O4S2/c1-17-11-20-14-37-26(30-24(32)18-7-5-4-6-8-18)31-27(20,16-35-17)25-29-23(15-36-25)28-13-19-9-10-21(33-2)12-22(19)34-3/h4-10,12,15,17,20,28H,11,13-14,16H2,1-3H3,(H,30,31,32). The number of nitrogens with zero attached hydrogens (tertiary/aromatic N) is 2. The Hall–Kier alpha value is -3.08. The summed E-state index contributed by atoms with van der Waals surface area (Å²) >= 11 is 3.16. The van der Waals surface area contributed by atoms with Gasteiger partial charge in [0.1, 0.15) is 27.9 Å². The van der Waals surface area contributed by atoms with E-state index in [2.05, 4.69) is 17.6 Å². The number of nitrogens with one attached hydrogen (secondary N) is 2. The Morgan fingerprint density at radius 2 is 2.03 bits per heavy atom. The van der Waals surface area contributed by atoms with Crippen LogP contribution in [0.15, 0.2) is 58.9 Å². The molecule has 3 heterocycles. The monoisotopic (exact) mass is 538 g/mol. The van der Waals surface area contributed by atoms with Crippen LogP contribution in [0.3, 0.4) is 0 Å². The highest BCUT2D eigenvalue weighted by atomic mass is 32.2. The number of thioether (sulfide) groups is 1. The second-order valence-corrected chi connectivity index (χ2v) is 11.0. The van der Waals surface area contributed by atoms with Crippen molar-refractivity contribution in [3.8, 4) is 11.5 Å². The number of amidine groups is 1. The maximum atomic E-state index is 12.8. The molecular formula is C27H30N4O4S2. The molecule has 2 aliphatic heterocycles. The van der Waals surface area contributed by atoms with Crippen molar-refractivity contribution in [2.75, 3.05) is 31.9 Å². The molecule has 0 spiro atoms. The normalized spacial score (nSPS) is 22.9. The van der Waals surface area contributed by atoms with Gasteiger partial charge >= 0.3 is 0 Å². The second-order valence-electron chi connectivity index (χ2n) is 9.10. The highest BCUT2D eigenvalue weighted by Gasteiger charge is 2.49. The van der Waals surface area contributed by atoms with Crippen LogP contribution in [0.4, 0.5) is 5.82 Å². The number of carbonyl (C=O) groups is 1. The van der Waals surface area contributed by atoms with Gasteiger partial charge in [-0.25, -0.2) is 9.98 Å². The number of rotatable bonds is 7. The van der Waals surface area contributed by atoms with Crippen LogP contribution >= 0.6 is 23.1 Å². The van der Waals surface area contributed by atoms with Crippen molar-refractivity contribution in [1.29, 1.82) is 0 Å². The summed E-state index contributed by atoms with van der Waals surface area (Å²) in [4.78, 5) is 22.8. The van der Waals surface area contributed by atoms with Crippen LogP contribution in [0.5, 0.6) is 11.5 Å². The van der Waals surface area contributed by atoms with Gasteiger partial charge in [-0.3, -0.25) is 4.79 Å². The molecule has 3 aromatic rings. The van der Waals surface area contributed by atoms with Crippen LogP contribution in [0.2, 0.25) is 0 Å². The van der Waals surface area contributed by atoms with Crippen molar-refractivity contribution < 1.29 is 19.0 Å². The summed E-state index contributed by atoms with van der Waals surface area (Å²) in [5.41, 5.74) is 0.978. The fraction of sp³-hybridized carbons (Fsp3) is 0.370. The first-order valence-electron chi connectivity index (χ1n) is 12.1. The molecule has 1 fully saturated rings. The lowest BCUT2D eigenvalue weighted by Gasteiger charge is -2.44. The van der Waals surface area contributed by atoms with Crippen LogP contribution in [0, 0.1) is 5.92 Å². The topological polar surface area (TPSA) is 94.1 Å². The van der Waals surface area contributed by atoms with E-state index < -0.39 is 5.54 Å². The van der Waals surface area contributed by atoms with Gasteiger partial charge in [-0.15, -0.1) is 11.3 Å². The van der Waals surface area contributed by atoms with Gasteiger partial charge in [-0.2, -0.15) is 0 Å². The molecule has 194 valence electrons. The Labute approximate surface area is 224 Å². The predicted octanol–water partition coefficient (Wildman–Crippen LogP) is 4.93. The summed E-state index contributed by atoms with van der Waals surface area (Å²) in [5, 5.41) is 9.92. The quantitative estimate of drug-likeness (QED) is 0.441. The van der Waals surface area contributed by atoms with Gasteiger partial charge in [-0.05, 0) is 37.6 Å². The first-order chi connectivity index (χ1) is 18.0. The molecular weight excluding hydrogens is 508 g/mol. The Balaban J connectivity index is 1.37. The Kier molecular flexibility index (Phi) is 7.68. The number of carbonyl (C=O) groups excluding carboxylic acids is 1. The van der Waals surface area contributed by atoms with Gasteiger partial charge in [0.2, 0.25) is 0 Å². The van der Waals surface area contributed by atoms with Gasteiger partial charge in [0, 0.05) is 40.8 Å². The number of fused-ring (bicyclic) bond motifs is 1. The number of amides is 1. The summed E-state index contributed by atoms with van der Waals surface area (Å²) in [5.74, 6) is 3.21. The number of aliphatic imine (C=N–C) groups is 1. The smallest absolute Gasteiger partial charge is 0.257 e. The molecule has 1 saturated heterocycles. The van der Waals surface area contributed by atoms with E-state index in [1.54, 1.807) is 49.5 Å². The largest absolute Gasteiger partial charge is 0.497 e. The van der Waals surface area contributed by atoms with Crippen molar-refractivity contribution in [3.63, 3.8) is 0 Å². The zero-order valence-electron chi connectivity index (χ0n) is 21.0. The zero-order valence-corrected chi connectivity index (χ0v) is 22.7. The van der Waals surface area contributed by atoms with Crippen LogP contribution in [0.1, 0.15) is 34.3 Å². The van der Waals surface area contributed by atoms with E-state index in [-0.39, 0.29) is 17.9 Å². The minimum absolute atomic E-state index is 0.162. The van der Waals surface area contributed by atoms with Crippen molar-refractivity contribution in [2.45, 2.75) is 31.5 Å². The number of aromatic nitrogens is 1. The molecule has 2 aromatic carbocycles. The van der Waals surface area contributed by atoms with Gasteiger partial charge in [0.15, 0.2) is 5.17 Å². The van der Waals surface area contributed by atoms with Crippen LogP contribution in [-0.4, -0.2) is 48.7 Å². The van der Waals surface area contributed by atoms with E-state index in [0.717, 1.165) is 40.1 Å². The zero-order chi connectivity index (χ0) is 25.8. The minimum atomic E-state index is -0.626. The molecule has 0 saturated carbocycles. The van der Waals surface area contributed by atoms with Crippen molar-refractivity contribution in [3.05, 3.63) is 70.0 Å². The third-order valence-corrected chi connectivity index (χ3v) is 8.73. The third-order valence-electron chi connectivity index (χ3n) is 6.69. The summed E-state index contributed by atoms with van der Waals surface area (Å²) in [6.45, 7) is 3.09. The van der Waals surface area contributed by atoms with E-state index in [1.807, 2.05) is 41.8 Å². The van der Waals surface area contributed by atoms with Gasteiger partial charge in [-0.1, -0.05) is 30.0 Å². The Bertz CT molecular complexity index is 1280. The molecule has 8 nitrogen and oxygen atoms in total. The summed E-state index contributed by atoms with van der Waals surface area (Å²) in [7, 11) is 3.28. The van der Waals surface area contributed by atoms with E-state index in [0.29, 0.717) is 23.9 Å². The first kappa shape index (κ1) is 25.6. The molecule has 1 aromatic heterocycles. The molecule has 0 radical (unpaired) electrons. The van der Waals surface area contributed by atoms with Crippen LogP contribution in [0.25, 0.3) is 0 Å². The van der Waals surface area contributed by atoms with Crippen molar-refractivity contribution in [1.82, 2.24) is 10.3 Å². The molecule has 5 rings (SSSR count). The third kappa shape index (κ3) is 5.46. The lowest BCUT2D eigenvalue weighted by molar-refractivity contribution is -0.0467. The number of anilines is 1. The first-order valence-corrected chi connectivity index (χ1v) is 14.0. The van der Waals surface area contributed by atoms with E-state index in [4.69, 9.17) is 24.2 Å². The number of benzene rings is 2. The predicted molar refractivity (Wildman–Crippen MR) is 148 cm³/mol. The number of thiazole rings is 1. The molecule has 37 heavy (non-hydrogen) atoms. The van der Waals surface area contributed by atoms with Gasteiger partial charge < -0.3 is 24.8 Å². The highest BCUT2D eigenvalue weighted by molar-refractivity contribution is 8.13. The molecule has 0 bridgehead atoms. The average Bonchev–Trinajstić information content (AvgIpc) is 3.42. The SMILES string of the molecule is COc1ccc(CNc2csc(C34COC(C)CC3CSC(NC(=O)c3ccccc3)=N4)n2)c(OC)c1. The number of hydrogen-bond donors (Lipinski definition) is 2. The van der Waals surface area contributed by atoms with Crippen LogP contribution < -0.4 is 20.1 Å².